The third-order valence-electron chi connectivity index (χ3n) is 6.47. The molecular weight excluding hydrogens is 538 g/mol. The number of oxazole rings is 1. The van der Waals surface area contributed by atoms with E-state index in [9.17, 15) is 19.2 Å². The monoisotopic (exact) mass is 573 g/mol. The van der Waals surface area contributed by atoms with Crippen molar-refractivity contribution in [1.82, 2.24) is 29.7 Å². The first-order valence-electron chi connectivity index (χ1n) is 13.7. The van der Waals surface area contributed by atoms with E-state index >= 15 is 0 Å². The van der Waals surface area contributed by atoms with E-state index in [1.165, 1.54) is 27.8 Å². The highest BCUT2D eigenvalue weighted by Crippen LogP contribution is 2.20. The molecule has 12 nitrogen and oxygen atoms in total. The molecule has 4 aromatic rings. The van der Waals surface area contributed by atoms with E-state index in [2.05, 4.69) is 40.5 Å². The Morgan fingerprint density at radius 1 is 1.17 bits per heavy atom. The highest BCUT2D eigenvalue weighted by Gasteiger charge is 2.23. The van der Waals surface area contributed by atoms with Crippen LogP contribution in [0.4, 0.5) is 5.69 Å². The number of carbonyl (C=O) groups excluding carboxylic acids is 3. The number of imidazole rings is 1. The first-order chi connectivity index (χ1) is 20.1. The van der Waals surface area contributed by atoms with Crippen LogP contribution >= 0.6 is 0 Å². The second kappa shape index (κ2) is 13.6. The number of aromatic amines is 1. The maximum Gasteiger partial charge on any atom is 0.289 e. The van der Waals surface area contributed by atoms with E-state index in [-0.39, 0.29) is 30.3 Å². The third-order valence-corrected chi connectivity index (χ3v) is 6.47. The SMILES string of the molecule is CC(C)Cc1cccc2[nH]c(Cn3cccc(NC(=O)C(CCC=CC(=O)N(C)C)NC(=O)c4cnco4)c3=O)nc12. The zero-order valence-corrected chi connectivity index (χ0v) is 24.1. The number of rotatable bonds is 12. The van der Waals surface area contributed by atoms with Gasteiger partial charge in [-0.05, 0) is 55.0 Å². The molecule has 0 aliphatic rings. The number of aromatic nitrogens is 4. The summed E-state index contributed by atoms with van der Waals surface area (Å²) in [5, 5.41) is 5.27. The van der Waals surface area contributed by atoms with Crippen molar-refractivity contribution in [2.75, 3.05) is 19.4 Å². The molecule has 42 heavy (non-hydrogen) atoms. The molecule has 1 unspecified atom stereocenters. The van der Waals surface area contributed by atoms with Crippen molar-refractivity contribution in [3.63, 3.8) is 0 Å². The largest absolute Gasteiger partial charge is 0.438 e. The highest BCUT2D eigenvalue weighted by atomic mass is 16.3. The van der Waals surface area contributed by atoms with Crippen molar-refractivity contribution in [2.45, 2.75) is 45.7 Å². The van der Waals surface area contributed by atoms with Crippen LogP contribution in [0.5, 0.6) is 0 Å². The Morgan fingerprint density at radius 2 is 1.98 bits per heavy atom. The fourth-order valence-electron chi connectivity index (χ4n) is 4.38. The number of anilines is 1. The predicted octanol–water partition coefficient (Wildman–Crippen LogP) is 3.12. The standard InChI is InChI=1S/C30H35N7O5/c1-19(2)15-20-9-7-11-21-27(20)35-25(32-21)17-37-14-8-12-23(30(37)41)34-28(39)22(10-5-6-13-26(38)36(3)4)33-29(40)24-16-31-18-42-24/h6-9,11-14,16,18-19,22H,5,10,15,17H2,1-4H3,(H,32,35)(H,33,40)(H,34,39). The molecule has 4 rings (SSSR count). The molecule has 1 aromatic carbocycles. The molecular formula is C30H35N7O5. The number of pyridine rings is 1. The zero-order valence-electron chi connectivity index (χ0n) is 24.1. The summed E-state index contributed by atoms with van der Waals surface area (Å²) in [6.07, 6.45) is 8.36. The van der Waals surface area contributed by atoms with Crippen LogP contribution in [-0.4, -0.2) is 62.3 Å². The number of fused-ring (bicyclic) bond motifs is 1. The Bertz CT molecular complexity index is 1630. The number of H-pyrrole nitrogens is 1. The molecule has 0 saturated carbocycles. The minimum Gasteiger partial charge on any atom is -0.438 e. The molecule has 0 spiro atoms. The Balaban J connectivity index is 1.50. The van der Waals surface area contributed by atoms with Crippen LogP contribution in [0, 0.1) is 5.92 Å². The number of nitrogens with zero attached hydrogens (tertiary/aromatic N) is 4. The van der Waals surface area contributed by atoms with E-state index in [0.29, 0.717) is 18.2 Å². The lowest BCUT2D eigenvalue weighted by molar-refractivity contribution is -0.123. The Labute approximate surface area is 242 Å². The molecule has 3 aromatic heterocycles. The lowest BCUT2D eigenvalue weighted by Gasteiger charge is -2.17. The maximum absolute atomic E-state index is 13.3. The van der Waals surface area contributed by atoms with E-state index in [1.807, 2.05) is 12.1 Å². The van der Waals surface area contributed by atoms with Crippen LogP contribution in [0.25, 0.3) is 11.0 Å². The van der Waals surface area contributed by atoms with Crippen molar-refractivity contribution < 1.29 is 18.8 Å². The van der Waals surface area contributed by atoms with Gasteiger partial charge in [0, 0.05) is 20.3 Å². The van der Waals surface area contributed by atoms with Crippen LogP contribution in [0.15, 0.2) is 70.5 Å². The van der Waals surface area contributed by atoms with E-state index in [0.717, 1.165) is 29.4 Å². The first kappa shape index (κ1) is 30.0. The summed E-state index contributed by atoms with van der Waals surface area (Å²) in [7, 11) is 3.26. The fraction of sp³-hybridized carbons (Fsp3) is 0.333. The zero-order chi connectivity index (χ0) is 30.2. The van der Waals surface area contributed by atoms with Crippen molar-refractivity contribution >= 4 is 34.4 Å². The van der Waals surface area contributed by atoms with Gasteiger partial charge in [-0.2, -0.15) is 0 Å². The number of benzene rings is 1. The average molecular weight is 574 g/mol. The minimum atomic E-state index is -1.02. The van der Waals surface area contributed by atoms with Gasteiger partial charge in [0.2, 0.25) is 17.6 Å². The minimum absolute atomic E-state index is 0.0522. The Kier molecular flexibility index (Phi) is 9.69. The van der Waals surface area contributed by atoms with Gasteiger partial charge in [-0.3, -0.25) is 19.2 Å². The molecule has 3 N–H and O–H groups in total. The highest BCUT2D eigenvalue weighted by molar-refractivity contribution is 6.00. The molecule has 0 bridgehead atoms. The molecule has 220 valence electrons. The van der Waals surface area contributed by atoms with Crippen molar-refractivity contribution in [3.8, 4) is 0 Å². The summed E-state index contributed by atoms with van der Waals surface area (Å²) in [5.74, 6) is -0.398. The summed E-state index contributed by atoms with van der Waals surface area (Å²) in [4.78, 5) is 64.2. The number of allylic oxidation sites excluding steroid dienone is 1. The number of para-hydroxylation sites is 1. The molecule has 0 fully saturated rings. The summed E-state index contributed by atoms with van der Waals surface area (Å²) in [6.45, 7) is 4.48. The number of hydrogen-bond donors (Lipinski definition) is 3. The number of hydrogen-bond acceptors (Lipinski definition) is 7. The van der Waals surface area contributed by atoms with Crippen LogP contribution in [0.1, 0.15) is 48.6 Å². The first-order valence-corrected chi connectivity index (χ1v) is 13.7. The van der Waals surface area contributed by atoms with Gasteiger partial charge in [-0.15, -0.1) is 0 Å². The number of likely N-dealkylation sites (N-methyl/N-ethyl adjacent to an activating group) is 1. The molecule has 0 aliphatic heterocycles. The summed E-state index contributed by atoms with van der Waals surface area (Å²) < 4.78 is 6.49. The maximum atomic E-state index is 13.3. The number of amides is 3. The molecule has 3 heterocycles. The molecule has 3 amide bonds. The van der Waals surface area contributed by atoms with Crippen LogP contribution in [-0.2, 0) is 22.6 Å². The van der Waals surface area contributed by atoms with Crippen molar-refractivity contribution in [2.24, 2.45) is 5.92 Å². The summed E-state index contributed by atoms with van der Waals surface area (Å²) in [5.41, 5.74) is 2.54. The Morgan fingerprint density at radius 3 is 2.69 bits per heavy atom. The van der Waals surface area contributed by atoms with Gasteiger partial charge in [0.05, 0.1) is 23.8 Å². The van der Waals surface area contributed by atoms with Gasteiger partial charge in [-0.1, -0.05) is 32.1 Å². The third kappa shape index (κ3) is 7.59. The van der Waals surface area contributed by atoms with Crippen molar-refractivity contribution in [1.29, 1.82) is 0 Å². The lowest BCUT2D eigenvalue weighted by atomic mass is 10.0. The average Bonchev–Trinajstić information content (AvgIpc) is 3.63. The lowest BCUT2D eigenvalue weighted by Crippen LogP contribution is -2.44. The fourth-order valence-corrected chi connectivity index (χ4v) is 4.38. The normalized spacial score (nSPS) is 12.1. The molecule has 0 saturated heterocycles. The number of carbonyl (C=O) groups is 3. The van der Waals surface area contributed by atoms with Crippen LogP contribution < -0.4 is 16.2 Å². The van der Waals surface area contributed by atoms with E-state index < -0.39 is 23.4 Å². The Hall–Kier alpha value is -5.00. The summed E-state index contributed by atoms with van der Waals surface area (Å²) >= 11 is 0. The van der Waals surface area contributed by atoms with Gasteiger partial charge in [0.15, 0.2) is 6.39 Å². The summed E-state index contributed by atoms with van der Waals surface area (Å²) in [6, 6.07) is 8.13. The predicted molar refractivity (Wildman–Crippen MR) is 158 cm³/mol. The molecule has 0 radical (unpaired) electrons. The van der Waals surface area contributed by atoms with Crippen molar-refractivity contribution in [3.05, 3.63) is 88.8 Å². The van der Waals surface area contributed by atoms with E-state index in [4.69, 9.17) is 9.40 Å². The van der Waals surface area contributed by atoms with Gasteiger partial charge in [0.25, 0.3) is 11.5 Å². The van der Waals surface area contributed by atoms with Gasteiger partial charge in [0.1, 0.15) is 17.6 Å². The molecule has 1 atom stereocenters. The molecule has 12 heteroatoms. The number of nitrogens with one attached hydrogen (secondary N) is 3. The van der Waals surface area contributed by atoms with E-state index in [1.54, 1.807) is 32.4 Å². The van der Waals surface area contributed by atoms with Crippen LogP contribution in [0.2, 0.25) is 0 Å². The second-order valence-electron chi connectivity index (χ2n) is 10.5. The molecule has 0 aliphatic carbocycles. The quantitative estimate of drug-likeness (QED) is 0.220. The smallest absolute Gasteiger partial charge is 0.289 e. The second-order valence-corrected chi connectivity index (χ2v) is 10.5. The van der Waals surface area contributed by atoms with Gasteiger partial charge >= 0.3 is 0 Å². The topological polar surface area (TPSA) is 155 Å². The van der Waals surface area contributed by atoms with Gasteiger partial charge < -0.3 is 29.5 Å². The van der Waals surface area contributed by atoms with Gasteiger partial charge in [-0.25, -0.2) is 9.97 Å². The van der Waals surface area contributed by atoms with Crippen LogP contribution in [0.3, 0.4) is 0 Å².